The summed E-state index contributed by atoms with van der Waals surface area (Å²) in [5.74, 6) is 0.802. The first kappa shape index (κ1) is 14.4. The molecule has 0 amide bonds. The summed E-state index contributed by atoms with van der Waals surface area (Å²) in [4.78, 5) is 2.42. The molecule has 1 aromatic carbocycles. The van der Waals surface area contributed by atoms with Gasteiger partial charge in [0, 0.05) is 18.6 Å². The van der Waals surface area contributed by atoms with E-state index in [9.17, 15) is 5.11 Å². The van der Waals surface area contributed by atoms with Gasteiger partial charge in [0.1, 0.15) is 5.75 Å². The number of likely N-dealkylation sites (tertiary alicyclic amines) is 1. The minimum Gasteiger partial charge on any atom is -0.497 e. The molecule has 1 saturated heterocycles. The SMILES string of the molecule is COc1cccc(C(O)CN2C(C)CCCC2C)c1. The van der Waals surface area contributed by atoms with Gasteiger partial charge in [-0.2, -0.15) is 0 Å². The van der Waals surface area contributed by atoms with Crippen molar-refractivity contribution in [1.29, 1.82) is 0 Å². The van der Waals surface area contributed by atoms with Crippen LogP contribution >= 0.6 is 0 Å². The van der Waals surface area contributed by atoms with Crippen molar-refractivity contribution in [3.63, 3.8) is 0 Å². The van der Waals surface area contributed by atoms with Crippen LogP contribution in [0.15, 0.2) is 24.3 Å². The highest BCUT2D eigenvalue weighted by Crippen LogP contribution is 2.26. The monoisotopic (exact) mass is 263 g/mol. The first-order valence-corrected chi connectivity index (χ1v) is 7.19. The van der Waals surface area contributed by atoms with Gasteiger partial charge in [0.2, 0.25) is 0 Å². The third-order valence-electron chi connectivity index (χ3n) is 4.24. The highest BCUT2D eigenvalue weighted by Gasteiger charge is 2.26. The maximum Gasteiger partial charge on any atom is 0.119 e. The van der Waals surface area contributed by atoms with Crippen molar-refractivity contribution in [2.75, 3.05) is 13.7 Å². The minimum absolute atomic E-state index is 0.446. The summed E-state index contributed by atoms with van der Waals surface area (Å²) in [6.45, 7) is 5.22. The van der Waals surface area contributed by atoms with Gasteiger partial charge < -0.3 is 9.84 Å². The van der Waals surface area contributed by atoms with Crippen LogP contribution in [0.5, 0.6) is 5.75 Å². The van der Waals surface area contributed by atoms with Crippen molar-refractivity contribution in [3.05, 3.63) is 29.8 Å². The van der Waals surface area contributed by atoms with Crippen LogP contribution in [-0.4, -0.2) is 35.7 Å². The summed E-state index contributed by atoms with van der Waals surface area (Å²) in [6.07, 6.45) is 3.32. The molecular formula is C16H25NO2. The molecule has 1 aliphatic rings. The molecule has 1 N–H and O–H groups in total. The van der Waals surface area contributed by atoms with E-state index in [0.29, 0.717) is 18.6 Å². The molecule has 1 aliphatic heterocycles. The quantitative estimate of drug-likeness (QED) is 0.906. The van der Waals surface area contributed by atoms with E-state index in [4.69, 9.17) is 4.74 Å². The van der Waals surface area contributed by atoms with E-state index in [0.717, 1.165) is 11.3 Å². The van der Waals surface area contributed by atoms with Crippen LogP contribution in [-0.2, 0) is 0 Å². The first-order valence-electron chi connectivity index (χ1n) is 7.19. The summed E-state index contributed by atoms with van der Waals surface area (Å²) in [5, 5.41) is 10.4. The molecule has 0 radical (unpaired) electrons. The Morgan fingerprint density at radius 3 is 2.63 bits per heavy atom. The number of β-amino-alcohol motifs (C(OH)–C–C–N with tert-alkyl or cyclic N) is 1. The van der Waals surface area contributed by atoms with Gasteiger partial charge in [0.05, 0.1) is 13.2 Å². The fraction of sp³-hybridized carbons (Fsp3) is 0.625. The Bertz CT molecular complexity index is 397. The second-order valence-corrected chi connectivity index (χ2v) is 5.62. The smallest absolute Gasteiger partial charge is 0.119 e. The zero-order valence-electron chi connectivity index (χ0n) is 12.2. The molecule has 3 heteroatoms. The van der Waals surface area contributed by atoms with Gasteiger partial charge in [0.15, 0.2) is 0 Å². The van der Waals surface area contributed by atoms with E-state index in [1.165, 1.54) is 19.3 Å². The van der Waals surface area contributed by atoms with E-state index in [2.05, 4.69) is 18.7 Å². The third kappa shape index (κ3) is 3.48. The zero-order chi connectivity index (χ0) is 13.8. The van der Waals surface area contributed by atoms with E-state index in [1.807, 2.05) is 24.3 Å². The van der Waals surface area contributed by atoms with Gasteiger partial charge in [-0.05, 0) is 44.4 Å². The summed E-state index contributed by atoms with van der Waals surface area (Å²) in [7, 11) is 1.65. The van der Waals surface area contributed by atoms with Gasteiger partial charge in [-0.1, -0.05) is 18.6 Å². The molecule has 0 bridgehead atoms. The van der Waals surface area contributed by atoms with Crippen LogP contribution in [0.1, 0.15) is 44.8 Å². The van der Waals surface area contributed by atoms with Gasteiger partial charge in [-0.3, -0.25) is 4.90 Å². The Balaban J connectivity index is 2.04. The second kappa shape index (κ2) is 6.40. The molecule has 1 fully saturated rings. The molecule has 0 saturated carbocycles. The predicted molar refractivity (Wildman–Crippen MR) is 77.4 cm³/mol. The molecule has 2 rings (SSSR count). The number of aliphatic hydroxyl groups excluding tert-OH is 1. The van der Waals surface area contributed by atoms with Crippen LogP contribution in [0.2, 0.25) is 0 Å². The highest BCUT2D eigenvalue weighted by molar-refractivity contribution is 5.30. The molecule has 3 nitrogen and oxygen atoms in total. The summed E-state index contributed by atoms with van der Waals surface area (Å²) in [6, 6.07) is 8.84. The zero-order valence-corrected chi connectivity index (χ0v) is 12.2. The van der Waals surface area contributed by atoms with E-state index < -0.39 is 6.10 Å². The van der Waals surface area contributed by atoms with Crippen molar-refractivity contribution in [1.82, 2.24) is 4.90 Å². The second-order valence-electron chi connectivity index (χ2n) is 5.62. The standard InChI is InChI=1S/C16H25NO2/c1-12-6-4-7-13(2)17(12)11-16(18)14-8-5-9-15(10-14)19-3/h5,8-10,12-13,16,18H,4,6-7,11H2,1-3H3. The van der Waals surface area contributed by atoms with Crippen molar-refractivity contribution < 1.29 is 9.84 Å². The Labute approximate surface area is 116 Å². The molecule has 1 heterocycles. The number of rotatable bonds is 4. The normalized spacial score (nSPS) is 26.1. The van der Waals surface area contributed by atoms with E-state index in [-0.39, 0.29) is 0 Å². The molecule has 0 spiro atoms. The van der Waals surface area contributed by atoms with E-state index >= 15 is 0 Å². The molecule has 0 aliphatic carbocycles. The Hall–Kier alpha value is -1.06. The van der Waals surface area contributed by atoms with Crippen molar-refractivity contribution in [2.24, 2.45) is 0 Å². The number of hydrogen-bond acceptors (Lipinski definition) is 3. The van der Waals surface area contributed by atoms with Gasteiger partial charge in [-0.25, -0.2) is 0 Å². The van der Waals surface area contributed by atoms with Gasteiger partial charge >= 0.3 is 0 Å². The number of methoxy groups -OCH3 is 1. The molecule has 0 aromatic heterocycles. The van der Waals surface area contributed by atoms with Crippen LogP contribution in [0.4, 0.5) is 0 Å². The fourth-order valence-corrected chi connectivity index (χ4v) is 2.99. The average Bonchev–Trinajstić information content (AvgIpc) is 2.43. The van der Waals surface area contributed by atoms with Crippen molar-refractivity contribution >= 4 is 0 Å². The minimum atomic E-state index is -0.446. The fourth-order valence-electron chi connectivity index (χ4n) is 2.99. The third-order valence-corrected chi connectivity index (χ3v) is 4.24. The predicted octanol–water partition coefficient (Wildman–Crippen LogP) is 2.99. The van der Waals surface area contributed by atoms with Gasteiger partial charge in [0.25, 0.3) is 0 Å². The van der Waals surface area contributed by atoms with Crippen LogP contribution < -0.4 is 4.74 Å². The molecule has 106 valence electrons. The molecule has 3 atom stereocenters. The Morgan fingerprint density at radius 1 is 1.32 bits per heavy atom. The molecular weight excluding hydrogens is 238 g/mol. The lowest BCUT2D eigenvalue weighted by Gasteiger charge is -2.40. The summed E-state index contributed by atoms with van der Waals surface area (Å²) < 4.78 is 5.21. The lowest BCUT2D eigenvalue weighted by Crippen LogP contribution is -2.45. The van der Waals surface area contributed by atoms with Crippen LogP contribution in [0, 0.1) is 0 Å². The topological polar surface area (TPSA) is 32.7 Å². The highest BCUT2D eigenvalue weighted by atomic mass is 16.5. The number of ether oxygens (including phenoxy) is 1. The molecule has 19 heavy (non-hydrogen) atoms. The van der Waals surface area contributed by atoms with Crippen molar-refractivity contribution in [3.8, 4) is 5.75 Å². The van der Waals surface area contributed by atoms with Crippen LogP contribution in [0.25, 0.3) is 0 Å². The Morgan fingerprint density at radius 2 is 2.00 bits per heavy atom. The Kier molecular flexibility index (Phi) is 4.83. The summed E-state index contributed by atoms with van der Waals surface area (Å²) >= 11 is 0. The number of nitrogens with zero attached hydrogens (tertiary/aromatic N) is 1. The molecule has 1 aromatic rings. The maximum absolute atomic E-state index is 10.4. The first-order chi connectivity index (χ1) is 9.11. The van der Waals surface area contributed by atoms with Crippen LogP contribution in [0.3, 0.4) is 0 Å². The number of aliphatic hydroxyl groups is 1. The lowest BCUT2D eigenvalue weighted by molar-refractivity contribution is 0.0411. The lowest BCUT2D eigenvalue weighted by atomic mass is 9.96. The van der Waals surface area contributed by atoms with Crippen molar-refractivity contribution in [2.45, 2.75) is 51.3 Å². The average molecular weight is 263 g/mol. The summed E-state index contributed by atoms with van der Waals surface area (Å²) in [5.41, 5.74) is 0.935. The van der Waals surface area contributed by atoms with E-state index in [1.54, 1.807) is 7.11 Å². The number of piperidine rings is 1. The largest absolute Gasteiger partial charge is 0.497 e. The van der Waals surface area contributed by atoms with Gasteiger partial charge in [-0.15, -0.1) is 0 Å². The number of benzene rings is 1. The maximum atomic E-state index is 10.4. The number of hydrogen-bond donors (Lipinski definition) is 1. The molecule has 3 unspecified atom stereocenters.